The number of hydrogen-bond acceptors (Lipinski definition) is 3. The van der Waals surface area contributed by atoms with Crippen molar-refractivity contribution < 1.29 is 14.7 Å². The Kier molecular flexibility index (Phi) is 4.92. The van der Waals surface area contributed by atoms with E-state index in [1.165, 1.54) is 0 Å². The van der Waals surface area contributed by atoms with Gasteiger partial charge in [0.15, 0.2) is 0 Å². The van der Waals surface area contributed by atoms with Gasteiger partial charge in [-0.25, -0.2) is 0 Å². The molecule has 0 spiro atoms. The Bertz CT molecular complexity index is 500. The zero-order valence-electron chi connectivity index (χ0n) is 12.7. The number of aromatic nitrogens is 2. The molecular formula is C14H23N3O3. The van der Waals surface area contributed by atoms with Crippen LogP contribution in [0.3, 0.4) is 0 Å². The smallest absolute Gasteiger partial charge is 0.305 e. The predicted octanol–water partition coefficient (Wildman–Crippen LogP) is 1.83. The lowest BCUT2D eigenvalue weighted by Crippen LogP contribution is -2.45. The monoisotopic (exact) mass is 281 g/mol. The molecule has 2 N–H and O–H groups in total. The van der Waals surface area contributed by atoms with Gasteiger partial charge in [0, 0.05) is 12.6 Å². The van der Waals surface area contributed by atoms with Crippen LogP contribution in [0.4, 0.5) is 0 Å². The maximum Gasteiger partial charge on any atom is 0.305 e. The van der Waals surface area contributed by atoms with Gasteiger partial charge < -0.3 is 10.4 Å². The summed E-state index contributed by atoms with van der Waals surface area (Å²) in [5.74, 6) is -1.21. The second kappa shape index (κ2) is 6.07. The van der Waals surface area contributed by atoms with Crippen molar-refractivity contribution in [3.63, 3.8) is 0 Å². The predicted molar refractivity (Wildman–Crippen MR) is 75.6 cm³/mol. The number of aryl methyl sites for hydroxylation is 2. The number of nitrogens with one attached hydrogen (secondary N) is 1. The number of carboxylic acid groups (broad SMARTS) is 1. The SMILES string of the molecule is CCn1nc(C)cc1C(=O)NC(CC(=O)O)C(C)(C)C. The van der Waals surface area contributed by atoms with Crippen LogP contribution in [-0.4, -0.2) is 32.8 Å². The average molecular weight is 281 g/mol. The molecule has 0 aliphatic rings. The van der Waals surface area contributed by atoms with Crippen LogP contribution in [-0.2, 0) is 11.3 Å². The van der Waals surface area contributed by atoms with Gasteiger partial charge in [-0.05, 0) is 25.3 Å². The summed E-state index contributed by atoms with van der Waals surface area (Å²) in [6, 6.07) is 1.27. The van der Waals surface area contributed by atoms with Gasteiger partial charge in [-0.2, -0.15) is 5.10 Å². The molecule has 1 atom stereocenters. The minimum absolute atomic E-state index is 0.103. The second-order valence-corrected chi connectivity index (χ2v) is 5.98. The van der Waals surface area contributed by atoms with Crippen LogP contribution in [0.1, 0.15) is 50.3 Å². The first-order valence-electron chi connectivity index (χ1n) is 6.72. The van der Waals surface area contributed by atoms with Crippen LogP contribution in [0, 0.1) is 12.3 Å². The van der Waals surface area contributed by atoms with E-state index in [9.17, 15) is 9.59 Å². The largest absolute Gasteiger partial charge is 0.481 e. The second-order valence-electron chi connectivity index (χ2n) is 5.98. The number of aliphatic carboxylic acids is 1. The van der Waals surface area contributed by atoms with E-state index < -0.39 is 12.0 Å². The molecule has 0 radical (unpaired) electrons. The first-order valence-corrected chi connectivity index (χ1v) is 6.72. The molecule has 20 heavy (non-hydrogen) atoms. The molecule has 1 heterocycles. The highest BCUT2D eigenvalue weighted by Crippen LogP contribution is 2.22. The molecule has 0 saturated heterocycles. The molecule has 0 aliphatic carbocycles. The third-order valence-electron chi connectivity index (χ3n) is 3.16. The van der Waals surface area contributed by atoms with E-state index >= 15 is 0 Å². The topological polar surface area (TPSA) is 84.2 Å². The van der Waals surface area contributed by atoms with Gasteiger partial charge in [0.25, 0.3) is 5.91 Å². The number of carboxylic acids is 1. The van der Waals surface area contributed by atoms with Crippen molar-refractivity contribution in [3.05, 3.63) is 17.5 Å². The van der Waals surface area contributed by atoms with Gasteiger partial charge in [0.05, 0.1) is 12.1 Å². The number of nitrogens with zero attached hydrogens (tertiary/aromatic N) is 2. The quantitative estimate of drug-likeness (QED) is 0.862. The van der Waals surface area contributed by atoms with E-state index in [0.717, 1.165) is 5.69 Å². The third kappa shape index (κ3) is 4.08. The van der Waals surface area contributed by atoms with Gasteiger partial charge in [-0.1, -0.05) is 20.8 Å². The van der Waals surface area contributed by atoms with Crippen molar-refractivity contribution >= 4 is 11.9 Å². The lowest BCUT2D eigenvalue weighted by Gasteiger charge is -2.30. The molecule has 0 bridgehead atoms. The lowest BCUT2D eigenvalue weighted by molar-refractivity contribution is -0.138. The van der Waals surface area contributed by atoms with Gasteiger partial charge in [-0.15, -0.1) is 0 Å². The number of amides is 1. The first-order chi connectivity index (χ1) is 9.15. The summed E-state index contributed by atoms with van der Waals surface area (Å²) in [7, 11) is 0. The first kappa shape index (κ1) is 16.2. The number of hydrogen-bond donors (Lipinski definition) is 2. The molecule has 0 aliphatic heterocycles. The molecule has 0 fully saturated rings. The van der Waals surface area contributed by atoms with Crippen LogP contribution in [0.25, 0.3) is 0 Å². The van der Waals surface area contributed by atoms with E-state index in [-0.39, 0.29) is 17.7 Å². The van der Waals surface area contributed by atoms with Gasteiger partial charge in [-0.3, -0.25) is 14.3 Å². The number of rotatable bonds is 5. The standard InChI is InChI=1S/C14H23N3O3/c1-6-17-10(7-9(2)16-17)13(20)15-11(8-12(18)19)14(3,4)5/h7,11H,6,8H2,1-5H3,(H,15,20)(H,18,19). The summed E-state index contributed by atoms with van der Waals surface area (Å²) in [5, 5.41) is 16.0. The molecule has 1 amide bonds. The molecule has 1 unspecified atom stereocenters. The molecule has 0 saturated carbocycles. The fourth-order valence-corrected chi connectivity index (χ4v) is 1.95. The third-order valence-corrected chi connectivity index (χ3v) is 3.16. The van der Waals surface area contributed by atoms with E-state index in [0.29, 0.717) is 12.2 Å². The molecular weight excluding hydrogens is 258 g/mol. The Hall–Kier alpha value is -1.85. The van der Waals surface area contributed by atoms with Crippen molar-refractivity contribution in [1.29, 1.82) is 0 Å². The molecule has 6 heteroatoms. The maximum atomic E-state index is 12.3. The highest BCUT2D eigenvalue weighted by Gasteiger charge is 2.29. The van der Waals surface area contributed by atoms with Crippen molar-refractivity contribution in [1.82, 2.24) is 15.1 Å². The molecule has 6 nitrogen and oxygen atoms in total. The lowest BCUT2D eigenvalue weighted by atomic mass is 9.84. The Morgan fingerprint density at radius 2 is 2.05 bits per heavy atom. The van der Waals surface area contributed by atoms with E-state index in [4.69, 9.17) is 5.11 Å². The normalized spacial score (nSPS) is 13.1. The highest BCUT2D eigenvalue weighted by molar-refractivity contribution is 5.93. The van der Waals surface area contributed by atoms with E-state index in [1.54, 1.807) is 10.7 Å². The Labute approximate surface area is 119 Å². The Morgan fingerprint density at radius 1 is 1.45 bits per heavy atom. The molecule has 1 aromatic heterocycles. The van der Waals surface area contributed by atoms with Crippen molar-refractivity contribution in [2.24, 2.45) is 5.41 Å². The summed E-state index contributed by atoms with van der Waals surface area (Å²) in [6.45, 7) is 10.0. The highest BCUT2D eigenvalue weighted by atomic mass is 16.4. The molecule has 1 rings (SSSR count). The summed E-state index contributed by atoms with van der Waals surface area (Å²) < 4.78 is 1.62. The van der Waals surface area contributed by atoms with E-state index in [1.807, 2.05) is 34.6 Å². The maximum absolute atomic E-state index is 12.3. The fraction of sp³-hybridized carbons (Fsp3) is 0.643. The zero-order chi connectivity index (χ0) is 15.5. The van der Waals surface area contributed by atoms with Gasteiger partial charge in [0.2, 0.25) is 0 Å². The van der Waals surface area contributed by atoms with Crippen molar-refractivity contribution in [3.8, 4) is 0 Å². The minimum Gasteiger partial charge on any atom is -0.481 e. The van der Waals surface area contributed by atoms with Crippen LogP contribution in [0.2, 0.25) is 0 Å². The van der Waals surface area contributed by atoms with Crippen molar-refractivity contribution in [2.75, 3.05) is 0 Å². The van der Waals surface area contributed by atoms with Crippen LogP contribution < -0.4 is 5.32 Å². The Morgan fingerprint density at radius 3 is 2.50 bits per heavy atom. The van der Waals surface area contributed by atoms with Crippen molar-refractivity contribution in [2.45, 2.75) is 53.6 Å². The zero-order valence-corrected chi connectivity index (χ0v) is 12.7. The number of carbonyl (C=O) groups is 2. The number of carbonyl (C=O) groups excluding carboxylic acids is 1. The summed E-state index contributed by atoms with van der Waals surface area (Å²) in [6.07, 6.45) is -0.103. The van der Waals surface area contributed by atoms with Gasteiger partial charge in [0.1, 0.15) is 5.69 Å². The Balaban J connectivity index is 2.93. The van der Waals surface area contributed by atoms with Crippen LogP contribution in [0.15, 0.2) is 6.07 Å². The van der Waals surface area contributed by atoms with Crippen LogP contribution >= 0.6 is 0 Å². The minimum atomic E-state index is -0.926. The van der Waals surface area contributed by atoms with Gasteiger partial charge >= 0.3 is 5.97 Å². The summed E-state index contributed by atoms with van der Waals surface area (Å²) in [5.41, 5.74) is 0.896. The molecule has 0 aromatic carbocycles. The van der Waals surface area contributed by atoms with E-state index in [2.05, 4.69) is 10.4 Å². The molecule has 1 aromatic rings. The van der Waals surface area contributed by atoms with Crippen LogP contribution in [0.5, 0.6) is 0 Å². The average Bonchev–Trinajstić information content (AvgIpc) is 2.67. The fourth-order valence-electron chi connectivity index (χ4n) is 1.95. The summed E-state index contributed by atoms with van der Waals surface area (Å²) >= 11 is 0. The summed E-state index contributed by atoms with van der Waals surface area (Å²) in [4.78, 5) is 23.2. The molecule has 112 valence electrons.